The summed E-state index contributed by atoms with van der Waals surface area (Å²) in [6.07, 6.45) is 0. The highest BCUT2D eigenvalue weighted by Crippen LogP contribution is 2.34. The SMILES string of the molecule is CCOc1ccc(OCC)c(NS(=O)(=O)c2cccc(Cl)c2Cl)c1. The topological polar surface area (TPSA) is 64.6 Å². The maximum absolute atomic E-state index is 12.6. The molecule has 0 spiro atoms. The third kappa shape index (κ3) is 4.26. The molecule has 130 valence electrons. The highest BCUT2D eigenvalue weighted by atomic mass is 35.5. The van der Waals surface area contributed by atoms with Gasteiger partial charge < -0.3 is 9.47 Å². The Morgan fingerprint density at radius 1 is 1.04 bits per heavy atom. The average Bonchev–Trinajstić information content (AvgIpc) is 2.52. The lowest BCUT2D eigenvalue weighted by Crippen LogP contribution is -2.14. The first-order chi connectivity index (χ1) is 11.4. The van der Waals surface area contributed by atoms with Gasteiger partial charge in [0.15, 0.2) is 0 Å². The number of sulfonamides is 1. The zero-order valence-electron chi connectivity index (χ0n) is 13.2. The summed E-state index contributed by atoms with van der Waals surface area (Å²) in [5.41, 5.74) is 0.263. The first-order valence-corrected chi connectivity index (χ1v) is 9.49. The molecule has 0 heterocycles. The van der Waals surface area contributed by atoms with Crippen molar-refractivity contribution in [1.82, 2.24) is 0 Å². The molecule has 2 aromatic carbocycles. The van der Waals surface area contributed by atoms with E-state index in [1.807, 2.05) is 13.8 Å². The lowest BCUT2D eigenvalue weighted by molar-refractivity contribution is 0.332. The molecule has 0 radical (unpaired) electrons. The summed E-state index contributed by atoms with van der Waals surface area (Å²) in [6, 6.07) is 9.32. The maximum atomic E-state index is 12.6. The summed E-state index contributed by atoms with van der Waals surface area (Å²) < 4.78 is 38.6. The first kappa shape index (κ1) is 18.7. The highest BCUT2D eigenvalue weighted by Gasteiger charge is 2.21. The van der Waals surface area contributed by atoms with Gasteiger partial charge in [0.1, 0.15) is 16.4 Å². The van der Waals surface area contributed by atoms with Crippen LogP contribution in [-0.2, 0) is 10.0 Å². The monoisotopic (exact) mass is 389 g/mol. The number of hydrogen-bond acceptors (Lipinski definition) is 4. The third-order valence-corrected chi connectivity index (χ3v) is 5.35. The first-order valence-electron chi connectivity index (χ1n) is 7.25. The van der Waals surface area contributed by atoms with Gasteiger partial charge in [-0.3, -0.25) is 4.72 Å². The summed E-state index contributed by atoms with van der Waals surface area (Å²) in [6.45, 7) is 4.50. The van der Waals surface area contributed by atoms with E-state index in [4.69, 9.17) is 32.7 Å². The zero-order valence-corrected chi connectivity index (χ0v) is 15.5. The zero-order chi connectivity index (χ0) is 17.7. The molecule has 2 aromatic rings. The molecule has 0 atom stereocenters. The number of anilines is 1. The molecule has 0 aliphatic carbocycles. The Bertz CT molecular complexity index is 825. The molecule has 0 unspecified atom stereocenters. The molecule has 0 aliphatic rings. The summed E-state index contributed by atoms with van der Waals surface area (Å²) in [7, 11) is -3.94. The van der Waals surface area contributed by atoms with Crippen LogP contribution in [0.15, 0.2) is 41.3 Å². The average molecular weight is 390 g/mol. The van der Waals surface area contributed by atoms with E-state index < -0.39 is 10.0 Å². The molecule has 24 heavy (non-hydrogen) atoms. The Morgan fingerprint density at radius 2 is 1.75 bits per heavy atom. The number of rotatable bonds is 7. The molecular formula is C16H17Cl2NO4S. The Balaban J connectivity index is 2.44. The van der Waals surface area contributed by atoms with Crippen LogP contribution in [0, 0.1) is 0 Å². The van der Waals surface area contributed by atoms with E-state index in [-0.39, 0.29) is 20.6 Å². The van der Waals surface area contributed by atoms with Crippen LogP contribution in [0.5, 0.6) is 11.5 Å². The number of nitrogens with one attached hydrogen (secondary N) is 1. The van der Waals surface area contributed by atoms with E-state index >= 15 is 0 Å². The van der Waals surface area contributed by atoms with Gasteiger partial charge in [0.2, 0.25) is 0 Å². The molecule has 0 saturated heterocycles. The van der Waals surface area contributed by atoms with Crippen LogP contribution in [0.1, 0.15) is 13.8 Å². The molecule has 8 heteroatoms. The van der Waals surface area contributed by atoms with E-state index in [0.717, 1.165) is 0 Å². The van der Waals surface area contributed by atoms with Crippen LogP contribution in [-0.4, -0.2) is 21.6 Å². The smallest absolute Gasteiger partial charge is 0.263 e. The van der Waals surface area contributed by atoms with Gasteiger partial charge in [-0.1, -0.05) is 29.3 Å². The van der Waals surface area contributed by atoms with Crippen molar-refractivity contribution in [3.63, 3.8) is 0 Å². The molecule has 1 N–H and O–H groups in total. The minimum absolute atomic E-state index is 0.0365. The fraction of sp³-hybridized carbons (Fsp3) is 0.250. The van der Waals surface area contributed by atoms with Crippen LogP contribution in [0.4, 0.5) is 5.69 Å². The molecule has 0 amide bonds. The minimum atomic E-state index is -3.94. The van der Waals surface area contributed by atoms with Crippen molar-refractivity contribution in [3.8, 4) is 11.5 Å². The third-order valence-electron chi connectivity index (χ3n) is 3.01. The summed E-state index contributed by atoms with van der Waals surface area (Å²) >= 11 is 11.9. The molecule has 0 aromatic heterocycles. The number of ether oxygens (including phenoxy) is 2. The predicted molar refractivity (Wildman–Crippen MR) is 96.1 cm³/mol. The van der Waals surface area contributed by atoms with Crippen LogP contribution in [0.2, 0.25) is 10.0 Å². The van der Waals surface area contributed by atoms with E-state index in [1.54, 1.807) is 18.2 Å². The predicted octanol–water partition coefficient (Wildman–Crippen LogP) is 4.59. The van der Waals surface area contributed by atoms with Crippen molar-refractivity contribution < 1.29 is 17.9 Å². The maximum Gasteiger partial charge on any atom is 0.263 e. The van der Waals surface area contributed by atoms with Crippen LogP contribution < -0.4 is 14.2 Å². The standard InChI is InChI=1S/C16H17Cl2NO4S/c1-3-22-11-8-9-14(23-4-2)13(10-11)19-24(20,21)15-7-5-6-12(17)16(15)18/h5-10,19H,3-4H2,1-2H3. The van der Waals surface area contributed by atoms with Gasteiger partial charge in [0.05, 0.1) is 28.9 Å². The van der Waals surface area contributed by atoms with Gasteiger partial charge >= 0.3 is 0 Å². The second-order valence-corrected chi connectivity index (χ2v) is 7.12. The van der Waals surface area contributed by atoms with Gasteiger partial charge in [0.25, 0.3) is 10.0 Å². The van der Waals surface area contributed by atoms with E-state index in [0.29, 0.717) is 24.7 Å². The Morgan fingerprint density at radius 3 is 2.42 bits per heavy atom. The van der Waals surface area contributed by atoms with Crippen LogP contribution in [0.25, 0.3) is 0 Å². The van der Waals surface area contributed by atoms with Crippen molar-refractivity contribution in [1.29, 1.82) is 0 Å². The Labute approximate surface area is 151 Å². The second kappa shape index (κ2) is 7.96. The molecule has 0 aliphatic heterocycles. The van der Waals surface area contributed by atoms with Gasteiger partial charge in [0, 0.05) is 6.07 Å². The normalized spacial score (nSPS) is 11.2. The van der Waals surface area contributed by atoms with E-state index in [1.165, 1.54) is 18.2 Å². The van der Waals surface area contributed by atoms with Crippen LogP contribution >= 0.6 is 23.2 Å². The van der Waals surface area contributed by atoms with Gasteiger partial charge in [-0.2, -0.15) is 0 Å². The minimum Gasteiger partial charge on any atom is -0.494 e. The number of halogens is 2. The largest absolute Gasteiger partial charge is 0.494 e. The fourth-order valence-electron chi connectivity index (χ4n) is 2.02. The van der Waals surface area contributed by atoms with E-state index in [2.05, 4.69) is 4.72 Å². The molecule has 0 fully saturated rings. The summed E-state index contributed by atoms with van der Waals surface area (Å²) in [5, 5.41) is 0.123. The van der Waals surface area contributed by atoms with Crippen molar-refractivity contribution in [2.24, 2.45) is 0 Å². The number of benzene rings is 2. The molecule has 0 saturated carbocycles. The Kier molecular flexibility index (Phi) is 6.21. The second-order valence-electron chi connectivity index (χ2n) is 4.68. The quantitative estimate of drug-likeness (QED) is 0.751. The molecule has 5 nitrogen and oxygen atoms in total. The van der Waals surface area contributed by atoms with Gasteiger partial charge in [-0.15, -0.1) is 0 Å². The van der Waals surface area contributed by atoms with Crippen molar-refractivity contribution in [2.45, 2.75) is 18.7 Å². The number of hydrogen-bond donors (Lipinski definition) is 1. The van der Waals surface area contributed by atoms with Gasteiger partial charge in [-0.25, -0.2) is 8.42 Å². The van der Waals surface area contributed by atoms with E-state index in [9.17, 15) is 8.42 Å². The Hall–Kier alpha value is -1.63. The van der Waals surface area contributed by atoms with Crippen LogP contribution in [0.3, 0.4) is 0 Å². The lowest BCUT2D eigenvalue weighted by Gasteiger charge is -2.15. The van der Waals surface area contributed by atoms with Crippen molar-refractivity contribution >= 4 is 38.9 Å². The van der Waals surface area contributed by atoms with Crippen molar-refractivity contribution in [3.05, 3.63) is 46.4 Å². The highest BCUT2D eigenvalue weighted by molar-refractivity contribution is 7.92. The fourth-order valence-corrected chi connectivity index (χ4v) is 3.84. The lowest BCUT2D eigenvalue weighted by atomic mass is 10.3. The van der Waals surface area contributed by atoms with Crippen molar-refractivity contribution in [2.75, 3.05) is 17.9 Å². The summed E-state index contributed by atoms with van der Waals surface area (Å²) in [4.78, 5) is -0.110. The molecular weight excluding hydrogens is 373 g/mol. The summed E-state index contributed by atoms with van der Waals surface area (Å²) in [5.74, 6) is 0.915. The molecule has 2 rings (SSSR count). The molecule has 0 bridgehead atoms. The van der Waals surface area contributed by atoms with Gasteiger partial charge in [-0.05, 0) is 38.1 Å².